The van der Waals surface area contributed by atoms with E-state index in [2.05, 4.69) is 16.4 Å². The monoisotopic (exact) mass is 440 g/mol. The van der Waals surface area contributed by atoms with Crippen molar-refractivity contribution in [3.63, 3.8) is 0 Å². The van der Waals surface area contributed by atoms with E-state index < -0.39 is 0 Å². The van der Waals surface area contributed by atoms with Crippen LogP contribution in [0.1, 0.15) is 11.1 Å². The van der Waals surface area contributed by atoms with E-state index in [0.717, 1.165) is 11.1 Å². The summed E-state index contributed by atoms with van der Waals surface area (Å²) in [5.41, 5.74) is 3.01. The van der Waals surface area contributed by atoms with Crippen molar-refractivity contribution >= 4 is 34.3 Å². The van der Waals surface area contributed by atoms with Crippen molar-refractivity contribution in [1.82, 2.24) is 9.55 Å². The summed E-state index contributed by atoms with van der Waals surface area (Å²) in [4.78, 5) is 30.3. The van der Waals surface area contributed by atoms with Gasteiger partial charge in [0.25, 0.3) is 5.56 Å². The zero-order valence-electron chi connectivity index (χ0n) is 17.2. The first kappa shape index (κ1) is 21.3. The molecule has 1 heterocycles. The van der Waals surface area contributed by atoms with Crippen LogP contribution >= 0.6 is 11.8 Å². The number of nitrogens with one attached hydrogen (secondary N) is 1. The molecule has 4 rings (SSSR count). The predicted molar refractivity (Wildman–Crippen MR) is 127 cm³/mol. The van der Waals surface area contributed by atoms with Crippen LogP contribution in [0.3, 0.4) is 0 Å². The number of thioether (sulfide) groups is 1. The van der Waals surface area contributed by atoms with Crippen LogP contribution in [0.15, 0.2) is 88.8 Å². The second-order valence-electron chi connectivity index (χ2n) is 7.16. The number of carbonyl (C=O) groups excluding carboxylic acids is 1. The number of nitrogens with zero attached hydrogens (tertiary/aromatic N) is 3. The fourth-order valence-corrected chi connectivity index (χ4v) is 4.09. The fourth-order valence-electron chi connectivity index (χ4n) is 3.29. The van der Waals surface area contributed by atoms with Crippen molar-refractivity contribution in [2.75, 3.05) is 11.1 Å². The Balaban J connectivity index is 1.55. The van der Waals surface area contributed by atoms with Gasteiger partial charge in [-0.2, -0.15) is 5.26 Å². The number of anilines is 1. The van der Waals surface area contributed by atoms with Crippen molar-refractivity contribution in [3.05, 3.63) is 100 Å². The summed E-state index contributed by atoms with van der Waals surface area (Å²) in [6.45, 7) is 0.377. The summed E-state index contributed by atoms with van der Waals surface area (Å²) in [5, 5.41) is 12.7. The molecule has 0 saturated carbocycles. The van der Waals surface area contributed by atoms with Gasteiger partial charge in [-0.05, 0) is 35.4 Å². The summed E-state index contributed by atoms with van der Waals surface area (Å²) >= 11 is 1.23. The number of para-hydroxylation sites is 1. The lowest BCUT2D eigenvalue weighted by atomic mass is 10.1. The van der Waals surface area contributed by atoms with Crippen LogP contribution in [0.2, 0.25) is 0 Å². The molecule has 4 aromatic rings. The number of fused-ring (bicyclic) bond motifs is 1. The van der Waals surface area contributed by atoms with Gasteiger partial charge in [0.05, 0.1) is 35.7 Å². The Bertz CT molecular complexity index is 1340. The SMILES string of the molecule is N#CCc1ccc(NC(=O)CSc2nc3ccccc3c(=O)n2Cc2ccccc2)cc1. The van der Waals surface area contributed by atoms with Gasteiger partial charge in [0.15, 0.2) is 5.16 Å². The van der Waals surface area contributed by atoms with E-state index in [1.54, 1.807) is 28.8 Å². The lowest BCUT2D eigenvalue weighted by molar-refractivity contribution is -0.113. The number of hydrogen-bond donors (Lipinski definition) is 1. The number of rotatable bonds is 7. The number of nitriles is 1. The van der Waals surface area contributed by atoms with Crippen LogP contribution in [0, 0.1) is 11.3 Å². The second-order valence-corrected chi connectivity index (χ2v) is 8.10. The summed E-state index contributed by atoms with van der Waals surface area (Å²) in [6.07, 6.45) is 0.330. The maximum absolute atomic E-state index is 13.2. The third-order valence-corrected chi connectivity index (χ3v) is 5.84. The first-order valence-electron chi connectivity index (χ1n) is 10.1. The number of amides is 1. The smallest absolute Gasteiger partial charge is 0.262 e. The van der Waals surface area contributed by atoms with Gasteiger partial charge in [0.2, 0.25) is 5.91 Å². The van der Waals surface area contributed by atoms with Crippen molar-refractivity contribution < 1.29 is 4.79 Å². The Kier molecular flexibility index (Phi) is 6.63. The molecule has 0 aliphatic carbocycles. The van der Waals surface area contributed by atoms with Gasteiger partial charge < -0.3 is 5.32 Å². The molecular weight excluding hydrogens is 420 g/mol. The van der Waals surface area contributed by atoms with E-state index in [9.17, 15) is 9.59 Å². The summed E-state index contributed by atoms with van der Waals surface area (Å²) < 4.78 is 1.62. The summed E-state index contributed by atoms with van der Waals surface area (Å²) in [7, 11) is 0. The highest BCUT2D eigenvalue weighted by molar-refractivity contribution is 7.99. The first-order chi connectivity index (χ1) is 15.6. The van der Waals surface area contributed by atoms with Crippen molar-refractivity contribution in [1.29, 1.82) is 5.26 Å². The van der Waals surface area contributed by atoms with Crippen LogP contribution in [0.5, 0.6) is 0 Å². The number of aromatic nitrogens is 2. The topological polar surface area (TPSA) is 87.8 Å². The Labute approximate surface area is 189 Å². The van der Waals surface area contributed by atoms with E-state index in [1.165, 1.54) is 11.8 Å². The summed E-state index contributed by atoms with van der Waals surface area (Å²) in [5.74, 6) is -0.0869. The molecule has 1 N–H and O–H groups in total. The fraction of sp³-hybridized carbons (Fsp3) is 0.120. The first-order valence-corrected chi connectivity index (χ1v) is 11.0. The molecule has 1 amide bonds. The molecule has 0 radical (unpaired) electrons. The molecule has 3 aromatic carbocycles. The molecule has 6 nitrogen and oxygen atoms in total. The van der Waals surface area contributed by atoms with E-state index in [-0.39, 0.29) is 17.2 Å². The highest BCUT2D eigenvalue weighted by Crippen LogP contribution is 2.20. The van der Waals surface area contributed by atoms with E-state index in [0.29, 0.717) is 34.7 Å². The van der Waals surface area contributed by atoms with Crippen LogP contribution in [0.25, 0.3) is 10.9 Å². The van der Waals surface area contributed by atoms with Gasteiger partial charge in [-0.15, -0.1) is 0 Å². The summed E-state index contributed by atoms with van der Waals surface area (Å²) in [6, 6.07) is 26.2. The number of hydrogen-bond acceptors (Lipinski definition) is 5. The molecule has 158 valence electrons. The zero-order valence-corrected chi connectivity index (χ0v) is 18.0. The minimum Gasteiger partial charge on any atom is -0.325 e. The van der Waals surface area contributed by atoms with Crippen molar-refractivity contribution in [2.24, 2.45) is 0 Å². The van der Waals surface area contributed by atoms with Crippen LogP contribution in [-0.2, 0) is 17.8 Å². The lowest BCUT2D eigenvalue weighted by Crippen LogP contribution is -2.24. The van der Waals surface area contributed by atoms with Gasteiger partial charge >= 0.3 is 0 Å². The normalized spacial score (nSPS) is 10.6. The molecule has 1 aromatic heterocycles. The average Bonchev–Trinajstić information content (AvgIpc) is 2.82. The van der Waals surface area contributed by atoms with Gasteiger partial charge in [0, 0.05) is 5.69 Å². The molecule has 0 bridgehead atoms. The quantitative estimate of drug-likeness (QED) is 0.343. The third-order valence-electron chi connectivity index (χ3n) is 4.86. The molecular formula is C25H20N4O2S. The zero-order chi connectivity index (χ0) is 22.3. The minimum atomic E-state index is -0.197. The van der Waals surface area contributed by atoms with Gasteiger partial charge in [0.1, 0.15) is 0 Å². The maximum atomic E-state index is 13.2. The molecule has 0 saturated heterocycles. The highest BCUT2D eigenvalue weighted by Gasteiger charge is 2.14. The van der Waals surface area contributed by atoms with Crippen LogP contribution in [0.4, 0.5) is 5.69 Å². The molecule has 0 fully saturated rings. The molecule has 0 atom stereocenters. The van der Waals surface area contributed by atoms with Crippen LogP contribution < -0.4 is 10.9 Å². The van der Waals surface area contributed by atoms with Crippen molar-refractivity contribution in [2.45, 2.75) is 18.1 Å². The highest BCUT2D eigenvalue weighted by atomic mass is 32.2. The van der Waals surface area contributed by atoms with Crippen LogP contribution in [-0.4, -0.2) is 21.2 Å². The Morgan fingerprint density at radius 1 is 0.969 bits per heavy atom. The Hall–Kier alpha value is -3.89. The van der Waals surface area contributed by atoms with E-state index >= 15 is 0 Å². The number of benzene rings is 3. The third kappa shape index (κ3) is 5.05. The number of carbonyl (C=O) groups is 1. The lowest BCUT2D eigenvalue weighted by Gasteiger charge is -2.13. The van der Waals surface area contributed by atoms with E-state index in [4.69, 9.17) is 5.26 Å². The second kappa shape index (κ2) is 9.94. The van der Waals surface area contributed by atoms with Gasteiger partial charge in [-0.3, -0.25) is 14.2 Å². The molecule has 32 heavy (non-hydrogen) atoms. The van der Waals surface area contributed by atoms with Crippen molar-refractivity contribution in [3.8, 4) is 6.07 Å². The molecule has 0 unspecified atom stereocenters. The minimum absolute atomic E-state index is 0.111. The van der Waals surface area contributed by atoms with Gasteiger partial charge in [-0.25, -0.2) is 4.98 Å². The average molecular weight is 441 g/mol. The predicted octanol–water partition coefficient (Wildman–Crippen LogP) is 4.24. The standard InChI is InChI=1S/C25H20N4O2S/c26-15-14-18-10-12-20(13-11-18)27-23(30)17-32-25-28-22-9-5-4-8-21(22)24(31)29(25)16-19-6-2-1-3-7-19/h1-13H,14,16-17H2,(H,27,30). The molecule has 0 spiro atoms. The maximum Gasteiger partial charge on any atom is 0.262 e. The molecule has 7 heteroatoms. The van der Waals surface area contributed by atoms with E-state index in [1.807, 2.05) is 54.6 Å². The molecule has 0 aliphatic heterocycles. The Morgan fingerprint density at radius 2 is 1.69 bits per heavy atom. The molecule has 0 aliphatic rings. The largest absolute Gasteiger partial charge is 0.325 e. The van der Waals surface area contributed by atoms with Gasteiger partial charge in [-0.1, -0.05) is 66.4 Å². The Morgan fingerprint density at radius 3 is 2.44 bits per heavy atom.